The zero-order valence-corrected chi connectivity index (χ0v) is 22.4. The van der Waals surface area contributed by atoms with Gasteiger partial charge in [0.1, 0.15) is 0 Å². The maximum atomic E-state index is 15.2. The summed E-state index contributed by atoms with van der Waals surface area (Å²) < 4.78 is 20.8. The lowest BCUT2D eigenvalue weighted by molar-refractivity contribution is 0.588. The zero-order chi connectivity index (χ0) is 24.7. The van der Waals surface area contributed by atoms with Gasteiger partial charge in [0.15, 0.2) is 0 Å². The molecule has 5 aromatic carbocycles. The molecule has 5 aromatic rings. The zero-order valence-electron chi connectivity index (χ0n) is 19.8. The lowest BCUT2D eigenvalue weighted by Gasteiger charge is -2.28. The first kappa shape index (κ1) is 24.6. The van der Waals surface area contributed by atoms with Crippen LogP contribution < -0.4 is 21.2 Å². The predicted molar refractivity (Wildman–Crippen MR) is 159 cm³/mol. The Bertz CT molecular complexity index is 1410. The minimum atomic E-state index is -3.34. The van der Waals surface area contributed by atoms with Crippen molar-refractivity contribution in [2.45, 2.75) is 5.75 Å². The highest BCUT2D eigenvalue weighted by molar-refractivity contribution is 8.63. The van der Waals surface area contributed by atoms with Crippen LogP contribution in [0.3, 0.4) is 0 Å². The molecule has 0 bridgehead atoms. The van der Waals surface area contributed by atoms with Gasteiger partial charge < -0.3 is 0 Å². The molecule has 0 aliphatic heterocycles. The molecule has 0 saturated carbocycles. The fourth-order valence-electron chi connectivity index (χ4n) is 4.12. The van der Waals surface area contributed by atoms with Gasteiger partial charge >= 0.3 is 0 Å². The summed E-state index contributed by atoms with van der Waals surface area (Å²) in [6.07, 6.45) is -2.54. The summed E-state index contributed by atoms with van der Waals surface area (Å²) in [6, 6.07) is 50.8. The first-order chi connectivity index (χ1) is 17.7. The van der Waals surface area contributed by atoms with E-state index in [1.165, 1.54) is 5.56 Å². The van der Waals surface area contributed by atoms with Crippen LogP contribution in [0, 0.1) is 0 Å². The molecule has 0 radical (unpaired) electrons. The molecule has 0 spiro atoms. The first-order valence-electron chi connectivity index (χ1n) is 11.9. The van der Waals surface area contributed by atoms with Crippen LogP contribution in [0.2, 0.25) is 0 Å². The summed E-state index contributed by atoms with van der Waals surface area (Å²) >= 11 is 1.82. The highest BCUT2D eigenvalue weighted by Gasteiger charge is 2.34. The second kappa shape index (κ2) is 11.3. The third kappa shape index (κ3) is 5.20. The Morgan fingerprint density at radius 3 is 1.19 bits per heavy atom. The third-order valence-electron chi connectivity index (χ3n) is 5.94. The maximum absolute atomic E-state index is 15.2. The lowest BCUT2D eigenvalue weighted by Crippen LogP contribution is -2.18. The Labute approximate surface area is 217 Å². The van der Waals surface area contributed by atoms with Crippen molar-refractivity contribution in [3.05, 3.63) is 157 Å². The highest BCUT2D eigenvalue weighted by Crippen LogP contribution is 2.67. The van der Waals surface area contributed by atoms with Gasteiger partial charge in [0, 0.05) is 27.0 Å². The molecule has 0 aromatic heterocycles. The van der Waals surface area contributed by atoms with E-state index in [4.69, 9.17) is 4.52 Å². The maximum Gasteiger partial charge on any atom is 0.247 e. The number of nitrogens with zero attached hydrogens (tertiary/aromatic N) is 1. The monoisotopic (exact) mass is 523 g/mol. The number of hydrogen-bond acceptors (Lipinski definition) is 2. The summed E-state index contributed by atoms with van der Waals surface area (Å²) in [7, 11) is -3.34. The van der Waals surface area contributed by atoms with Crippen LogP contribution in [0.25, 0.3) is 0 Å². The highest BCUT2D eigenvalue weighted by atomic mass is 32.7. The SMILES string of the molecule is O=P(N=P(SCc1ccccc1)(c1ccccc1)c1ccccc1)(c1ccccc1)c1ccccc1. The quantitative estimate of drug-likeness (QED) is 0.196. The van der Waals surface area contributed by atoms with Gasteiger partial charge in [0.05, 0.1) is 6.26 Å². The summed E-state index contributed by atoms with van der Waals surface area (Å²) in [5, 5.41) is 3.74. The van der Waals surface area contributed by atoms with Crippen LogP contribution in [0.5, 0.6) is 0 Å². The van der Waals surface area contributed by atoms with Crippen LogP contribution in [0.1, 0.15) is 5.56 Å². The Balaban J connectivity index is 1.83. The van der Waals surface area contributed by atoms with Gasteiger partial charge in [-0.2, -0.15) is 0 Å². The second-order valence-corrected chi connectivity index (χ2v) is 16.3. The van der Waals surface area contributed by atoms with E-state index in [1.807, 2.05) is 90.2 Å². The van der Waals surface area contributed by atoms with E-state index in [0.717, 1.165) is 27.0 Å². The molecule has 5 rings (SSSR count). The molecule has 0 fully saturated rings. The smallest absolute Gasteiger partial charge is 0.247 e. The minimum Gasteiger partial charge on any atom is -0.288 e. The fraction of sp³-hybridized carbons (Fsp3) is 0.0323. The van der Waals surface area contributed by atoms with Crippen LogP contribution in [-0.2, 0) is 10.3 Å². The molecule has 0 aliphatic carbocycles. The largest absolute Gasteiger partial charge is 0.288 e. The van der Waals surface area contributed by atoms with Gasteiger partial charge in [0.25, 0.3) is 0 Å². The van der Waals surface area contributed by atoms with Crippen LogP contribution in [0.4, 0.5) is 0 Å². The molecule has 178 valence electrons. The van der Waals surface area contributed by atoms with Gasteiger partial charge in [0.2, 0.25) is 7.29 Å². The van der Waals surface area contributed by atoms with E-state index < -0.39 is 13.5 Å². The lowest BCUT2D eigenvalue weighted by atomic mass is 10.2. The van der Waals surface area contributed by atoms with Gasteiger partial charge in [-0.1, -0.05) is 127 Å². The van der Waals surface area contributed by atoms with Gasteiger partial charge in [-0.25, -0.2) is 4.52 Å². The molecule has 0 aliphatic rings. The summed E-state index contributed by atoms with van der Waals surface area (Å²) in [5.41, 5.74) is 1.23. The molecular weight excluding hydrogens is 496 g/mol. The molecule has 0 atom stereocenters. The van der Waals surface area contributed by atoms with Crippen molar-refractivity contribution in [3.8, 4) is 0 Å². The normalized spacial score (nSPS) is 11.7. The van der Waals surface area contributed by atoms with Crippen LogP contribution in [0.15, 0.2) is 156 Å². The van der Waals surface area contributed by atoms with Crippen molar-refractivity contribution >= 4 is 46.1 Å². The molecule has 5 heteroatoms. The van der Waals surface area contributed by atoms with E-state index in [-0.39, 0.29) is 0 Å². The van der Waals surface area contributed by atoms with E-state index in [1.54, 1.807) is 0 Å². The molecular formula is C31H27NOP2S. The van der Waals surface area contributed by atoms with Crippen LogP contribution >= 0.6 is 24.9 Å². The topological polar surface area (TPSA) is 29.4 Å². The van der Waals surface area contributed by atoms with E-state index in [9.17, 15) is 0 Å². The Hall–Kier alpha value is -3.09. The van der Waals surface area contributed by atoms with Gasteiger partial charge in [-0.15, -0.1) is 11.4 Å². The van der Waals surface area contributed by atoms with E-state index in [0.29, 0.717) is 0 Å². The first-order valence-corrected chi connectivity index (χ1v) is 16.8. The van der Waals surface area contributed by atoms with Crippen LogP contribution in [-0.4, -0.2) is 0 Å². The molecule has 0 saturated heterocycles. The van der Waals surface area contributed by atoms with Crippen molar-refractivity contribution in [2.24, 2.45) is 4.52 Å². The minimum absolute atomic E-state index is 0.757. The van der Waals surface area contributed by atoms with Crippen molar-refractivity contribution in [3.63, 3.8) is 0 Å². The van der Waals surface area contributed by atoms with Gasteiger partial charge in [-0.3, -0.25) is 4.57 Å². The standard InChI is InChI=1S/C31H27NOP2S/c33-34(28-18-8-2-9-19-28,29-20-10-3-11-21-29)32-35(30-22-12-4-13-23-30,31-24-14-5-15-25-31)36-26-27-16-6-1-7-17-27/h1-25H,26H2. The second-order valence-electron chi connectivity index (χ2n) is 8.34. The molecule has 0 unspecified atom stereocenters. The average Bonchev–Trinajstić information content (AvgIpc) is 2.97. The summed E-state index contributed by atoms with van der Waals surface area (Å²) in [5.74, 6) is 0.769. The molecule has 36 heavy (non-hydrogen) atoms. The number of hydrogen-bond donors (Lipinski definition) is 0. The molecule has 0 N–H and O–H groups in total. The van der Waals surface area contributed by atoms with Gasteiger partial charge in [-0.05, 0) is 29.8 Å². The summed E-state index contributed by atoms with van der Waals surface area (Å²) in [4.78, 5) is 0. The number of benzene rings is 5. The summed E-state index contributed by atoms with van der Waals surface area (Å²) in [6.45, 7) is 0. The Kier molecular flexibility index (Phi) is 7.73. The van der Waals surface area contributed by atoms with Crippen molar-refractivity contribution in [2.75, 3.05) is 0 Å². The third-order valence-corrected chi connectivity index (χ3v) is 16.2. The van der Waals surface area contributed by atoms with E-state index in [2.05, 4.69) is 72.8 Å². The Morgan fingerprint density at radius 1 is 0.472 bits per heavy atom. The molecule has 0 heterocycles. The molecule has 0 amide bonds. The average molecular weight is 524 g/mol. The molecule has 2 nitrogen and oxygen atoms in total. The fourth-order valence-corrected chi connectivity index (χ4v) is 15.1. The van der Waals surface area contributed by atoms with Crippen molar-refractivity contribution in [1.82, 2.24) is 0 Å². The number of rotatable bonds is 8. The Morgan fingerprint density at radius 2 is 0.806 bits per heavy atom. The van der Waals surface area contributed by atoms with Crippen molar-refractivity contribution in [1.29, 1.82) is 0 Å². The van der Waals surface area contributed by atoms with Crippen molar-refractivity contribution < 1.29 is 4.57 Å². The van der Waals surface area contributed by atoms with E-state index >= 15 is 4.57 Å². The predicted octanol–water partition coefficient (Wildman–Crippen LogP) is 7.62.